The fraction of sp³-hybridized carbons (Fsp3) is 0.250. The third-order valence-electron chi connectivity index (χ3n) is 4.92. The maximum atomic E-state index is 13.1. The van der Waals surface area contributed by atoms with Gasteiger partial charge in [-0.1, -0.05) is 30.3 Å². The number of hydrogen-bond acceptors (Lipinski definition) is 3. The third kappa shape index (κ3) is 2.94. The van der Waals surface area contributed by atoms with E-state index in [1.165, 1.54) is 22.1 Å². The number of aromatic nitrogens is 1. The Morgan fingerprint density at radius 3 is 2.38 bits per heavy atom. The Bertz CT molecular complexity index is 933. The molecule has 26 heavy (non-hydrogen) atoms. The average molecular weight is 351 g/mol. The van der Waals surface area contributed by atoms with Crippen LogP contribution in [0, 0.1) is 0 Å². The maximum Gasteiger partial charge on any atom is 0.271 e. The lowest BCUT2D eigenvalue weighted by Gasteiger charge is -2.45. The average Bonchev–Trinajstić information content (AvgIpc) is 2.65. The van der Waals surface area contributed by atoms with Crippen molar-refractivity contribution < 1.29 is 9.59 Å². The second-order valence-corrected chi connectivity index (χ2v) is 6.65. The van der Waals surface area contributed by atoms with Gasteiger partial charge in [-0.15, -0.1) is 0 Å². The minimum absolute atomic E-state index is 0.180. The van der Waals surface area contributed by atoms with E-state index >= 15 is 0 Å². The van der Waals surface area contributed by atoms with Crippen LogP contribution in [0.1, 0.15) is 18.1 Å². The molecule has 1 saturated heterocycles. The fourth-order valence-electron chi connectivity index (χ4n) is 3.20. The topological polar surface area (TPSA) is 73.5 Å². The molecule has 0 saturated carbocycles. The molecule has 3 rings (SSSR count). The summed E-state index contributed by atoms with van der Waals surface area (Å²) >= 11 is 0. The molecule has 1 N–H and O–H groups in total. The number of rotatable bonds is 3. The fourth-order valence-corrected chi connectivity index (χ4v) is 3.20. The summed E-state index contributed by atoms with van der Waals surface area (Å²) in [5.74, 6) is -0.490. The van der Waals surface area contributed by atoms with Crippen molar-refractivity contribution >= 4 is 17.9 Å². The number of nitrogens with one attached hydrogen (secondary N) is 1. The molecule has 6 heteroatoms. The van der Waals surface area contributed by atoms with Crippen LogP contribution in [0.25, 0.3) is 6.08 Å². The van der Waals surface area contributed by atoms with Crippen LogP contribution < -0.4 is 5.56 Å². The lowest BCUT2D eigenvalue weighted by molar-refractivity contribution is -0.155. The summed E-state index contributed by atoms with van der Waals surface area (Å²) in [5, 5.41) is 0. The number of carbonyl (C=O) groups is 2. The van der Waals surface area contributed by atoms with Gasteiger partial charge in [0, 0.05) is 32.3 Å². The van der Waals surface area contributed by atoms with Gasteiger partial charge in [-0.3, -0.25) is 14.4 Å². The minimum atomic E-state index is -0.992. The Morgan fingerprint density at radius 1 is 1.04 bits per heavy atom. The quantitative estimate of drug-likeness (QED) is 0.855. The predicted octanol–water partition coefficient (Wildman–Crippen LogP) is 1.65. The molecule has 6 nitrogen and oxygen atoms in total. The van der Waals surface area contributed by atoms with Crippen LogP contribution in [0.4, 0.5) is 0 Å². The molecule has 2 amide bonds. The highest BCUT2D eigenvalue weighted by molar-refractivity contribution is 6.08. The van der Waals surface area contributed by atoms with Crippen molar-refractivity contribution in [2.75, 3.05) is 14.1 Å². The highest BCUT2D eigenvalue weighted by Gasteiger charge is 2.48. The highest BCUT2D eigenvalue weighted by atomic mass is 16.2. The van der Waals surface area contributed by atoms with Crippen molar-refractivity contribution in [2.24, 2.45) is 0 Å². The number of benzene rings is 1. The van der Waals surface area contributed by atoms with Crippen LogP contribution in [0.5, 0.6) is 0 Å². The predicted molar refractivity (Wildman–Crippen MR) is 99.1 cm³/mol. The number of piperazine rings is 1. The van der Waals surface area contributed by atoms with Gasteiger partial charge in [0.1, 0.15) is 11.2 Å². The molecule has 1 aromatic carbocycles. The first-order valence-electron chi connectivity index (χ1n) is 8.34. The summed E-state index contributed by atoms with van der Waals surface area (Å²) < 4.78 is 0. The number of pyridine rings is 1. The van der Waals surface area contributed by atoms with Crippen molar-refractivity contribution in [1.29, 1.82) is 0 Å². The van der Waals surface area contributed by atoms with E-state index < -0.39 is 5.54 Å². The standard InChI is InChI=1S/C20H21N3O3/c1-20(13-14-8-5-4-6-9-14)19(26)22(2)16(18(25)23(20)3)12-15-10-7-11-21-17(15)24/h4-12H,13H2,1-3H3,(H,21,24)/b16-12+. The van der Waals surface area contributed by atoms with E-state index in [-0.39, 0.29) is 23.1 Å². The summed E-state index contributed by atoms with van der Waals surface area (Å²) in [5.41, 5.74) is 0.181. The molecular weight excluding hydrogens is 330 g/mol. The van der Waals surface area contributed by atoms with E-state index in [4.69, 9.17) is 0 Å². The zero-order valence-corrected chi connectivity index (χ0v) is 15.0. The maximum absolute atomic E-state index is 13.1. The van der Waals surface area contributed by atoms with Crippen molar-refractivity contribution in [2.45, 2.75) is 18.9 Å². The van der Waals surface area contributed by atoms with Gasteiger partial charge in [0.15, 0.2) is 0 Å². The van der Waals surface area contributed by atoms with Crippen molar-refractivity contribution in [3.8, 4) is 0 Å². The van der Waals surface area contributed by atoms with Crippen LogP contribution in [-0.2, 0) is 16.0 Å². The summed E-state index contributed by atoms with van der Waals surface area (Å²) in [7, 11) is 3.19. The molecule has 0 spiro atoms. The lowest BCUT2D eigenvalue weighted by atomic mass is 9.87. The molecule has 2 heterocycles. The second-order valence-electron chi connectivity index (χ2n) is 6.65. The molecule has 0 radical (unpaired) electrons. The molecule has 1 unspecified atom stereocenters. The first-order chi connectivity index (χ1) is 12.3. The Morgan fingerprint density at radius 2 is 1.73 bits per heavy atom. The van der Waals surface area contributed by atoms with Crippen LogP contribution in [0.2, 0.25) is 0 Å². The monoisotopic (exact) mass is 351 g/mol. The van der Waals surface area contributed by atoms with Gasteiger partial charge in [0.05, 0.1) is 0 Å². The summed E-state index contributed by atoms with van der Waals surface area (Å²) in [6.07, 6.45) is 3.39. The number of nitrogens with zero attached hydrogens (tertiary/aromatic N) is 2. The van der Waals surface area contributed by atoms with Gasteiger partial charge in [-0.2, -0.15) is 0 Å². The van der Waals surface area contributed by atoms with E-state index in [1.807, 2.05) is 30.3 Å². The molecule has 134 valence electrons. The first-order valence-corrected chi connectivity index (χ1v) is 8.34. The van der Waals surface area contributed by atoms with E-state index in [9.17, 15) is 14.4 Å². The van der Waals surface area contributed by atoms with Crippen LogP contribution >= 0.6 is 0 Å². The molecule has 1 atom stereocenters. The minimum Gasteiger partial charge on any atom is -0.329 e. The van der Waals surface area contributed by atoms with E-state index in [1.54, 1.807) is 33.2 Å². The highest BCUT2D eigenvalue weighted by Crippen LogP contribution is 2.30. The first kappa shape index (κ1) is 17.7. The van der Waals surface area contributed by atoms with Gasteiger partial charge >= 0.3 is 0 Å². The number of carbonyl (C=O) groups excluding carboxylic acids is 2. The molecule has 1 aliphatic heterocycles. The van der Waals surface area contributed by atoms with Crippen molar-refractivity contribution in [1.82, 2.24) is 14.8 Å². The number of H-pyrrole nitrogens is 1. The van der Waals surface area contributed by atoms with Crippen LogP contribution in [-0.4, -0.2) is 46.2 Å². The molecule has 0 aliphatic carbocycles. The molecule has 0 bridgehead atoms. The normalized spacial score (nSPS) is 22.2. The number of hydrogen-bond donors (Lipinski definition) is 1. The molecule has 1 aromatic heterocycles. The van der Waals surface area contributed by atoms with E-state index in [0.717, 1.165) is 5.56 Å². The van der Waals surface area contributed by atoms with E-state index in [0.29, 0.717) is 12.0 Å². The smallest absolute Gasteiger partial charge is 0.271 e. The molecule has 1 aliphatic rings. The van der Waals surface area contributed by atoms with E-state index in [2.05, 4.69) is 4.98 Å². The Kier molecular flexibility index (Phi) is 4.50. The molecule has 2 aromatic rings. The Labute approximate surface area is 151 Å². The number of likely N-dealkylation sites (N-methyl/N-ethyl adjacent to an activating group) is 2. The van der Waals surface area contributed by atoms with Crippen molar-refractivity contribution in [3.63, 3.8) is 0 Å². The summed E-state index contributed by atoms with van der Waals surface area (Å²) in [6, 6.07) is 12.9. The van der Waals surface area contributed by atoms with Crippen LogP contribution in [0.3, 0.4) is 0 Å². The Hall–Kier alpha value is -3.15. The van der Waals surface area contributed by atoms with Gasteiger partial charge in [0.25, 0.3) is 17.4 Å². The van der Waals surface area contributed by atoms with Gasteiger partial charge < -0.3 is 14.8 Å². The zero-order chi connectivity index (χ0) is 18.9. The van der Waals surface area contributed by atoms with Crippen LogP contribution in [0.15, 0.2) is 59.2 Å². The molecule has 1 fully saturated rings. The van der Waals surface area contributed by atoms with Gasteiger partial charge in [-0.05, 0) is 30.7 Å². The lowest BCUT2D eigenvalue weighted by Crippen LogP contribution is -2.64. The van der Waals surface area contributed by atoms with Crippen molar-refractivity contribution in [3.05, 3.63) is 75.8 Å². The van der Waals surface area contributed by atoms with Gasteiger partial charge in [-0.25, -0.2) is 0 Å². The summed E-state index contributed by atoms with van der Waals surface area (Å²) in [4.78, 5) is 43.3. The third-order valence-corrected chi connectivity index (χ3v) is 4.92. The largest absolute Gasteiger partial charge is 0.329 e. The SMILES string of the molecule is CN1C(=O)C(C)(Cc2ccccc2)N(C)C(=O)/C1=C\c1ccc[nH]c1=O. The number of aromatic amines is 1. The number of amides is 2. The Balaban J connectivity index is 1.99. The zero-order valence-electron chi connectivity index (χ0n) is 15.0. The van der Waals surface area contributed by atoms with Gasteiger partial charge in [0.2, 0.25) is 0 Å². The second kappa shape index (κ2) is 6.63. The molecular formula is C20H21N3O3. The summed E-state index contributed by atoms with van der Waals surface area (Å²) in [6.45, 7) is 1.77.